The summed E-state index contributed by atoms with van der Waals surface area (Å²) >= 11 is 0. The van der Waals surface area contributed by atoms with Crippen LogP contribution < -0.4 is 10.8 Å². The first kappa shape index (κ1) is 12.5. The molecule has 3 N–H and O–H groups in total. The summed E-state index contributed by atoms with van der Waals surface area (Å²) < 4.78 is 0. The van der Waals surface area contributed by atoms with Crippen molar-refractivity contribution in [3.63, 3.8) is 0 Å². The molecule has 18 heavy (non-hydrogen) atoms. The van der Waals surface area contributed by atoms with Crippen molar-refractivity contribution in [3.8, 4) is 0 Å². The number of carbonyl (C=O) groups is 2. The number of hydrogen-bond acceptors (Lipinski definition) is 4. The van der Waals surface area contributed by atoms with E-state index in [1.807, 2.05) is 24.3 Å². The molecule has 1 atom stereocenters. The van der Waals surface area contributed by atoms with E-state index in [9.17, 15) is 9.59 Å². The van der Waals surface area contributed by atoms with Crippen LogP contribution in [-0.4, -0.2) is 29.6 Å². The van der Waals surface area contributed by atoms with Crippen LogP contribution in [0.2, 0.25) is 0 Å². The number of carboxylic acids is 1. The lowest BCUT2D eigenvalue weighted by atomic mass is 9.96. The van der Waals surface area contributed by atoms with Crippen LogP contribution in [0.3, 0.4) is 0 Å². The number of aliphatic carboxylic acids is 1. The number of amides is 1. The van der Waals surface area contributed by atoms with Crippen molar-refractivity contribution < 1.29 is 19.5 Å². The topological polar surface area (TPSA) is 87.7 Å². The minimum atomic E-state index is -1.13. The maximum absolute atomic E-state index is 11.7. The van der Waals surface area contributed by atoms with Gasteiger partial charge in [-0.3, -0.25) is 9.63 Å². The molecule has 1 aromatic carbocycles. The third-order valence-corrected chi connectivity index (χ3v) is 2.77. The third kappa shape index (κ3) is 3.06. The number of benzene rings is 1. The van der Waals surface area contributed by atoms with Gasteiger partial charge in [-0.05, 0) is 17.5 Å². The lowest BCUT2D eigenvalue weighted by Gasteiger charge is -2.24. The molecule has 1 aliphatic heterocycles. The van der Waals surface area contributed by atoms with Gasteiger partial charge in [0, 0.05) is 6.54 Å². The fourth-order valence-corrected chi connectivity index (χ4v) is 1.88. The summed E-state index contributed by atoms with van der Waals surface area (Å²) in [5.41, 5.74) is 4.43. The molecule has 2 rings (SSSR count). The number of carboxylic acid groups (broad SMARTS) is 1. The summed E-state index contributed by atoms with van der Waals surface area (Å²) in [6, 6.07) is 7.48. The number of hydroxylamine groups is 1. The first-order valence-electron chi connectivity index (χ1n) is 5.60. The van der Waals surface area contributed by atoms with Gasteiger partial charge >= 0.3 is 5.97 Å². The highest BCUT2D eigenvalue weighted by Crippen LogP contribution is 2.16. The van der Waals surface area contributed by atoms with Crippen LogP contribution in [-0.2, 0) is 27.4 Å². The molecule has 0 bridgehead atoms. The largest absolute Gasteiger partial charge is 0.479 e. The molecule has 1 heterocycles. The van der Waals surface area contributed by atoms with Gasteiger partial charge in [0.15, 0.2) is 6.61 Å². The summed E-state index contributed by atoms with van der Waals surface area (Å²) in [7, 11) is 0. The van der Waals surface area contributed by atoms with Crippen LogP contribution in [0.25, 0.3) is 0 Å². The molecular formula is C12H14N2O4. The Morgan fingerprint density at radius 1 is 1.39 bits per heavy atom. The predicted octanol–water partition coefficient (Wildman–Crippen LogP) is -0.167. The van der Waals surface area contributed by atoms with Crippen molar-refractivity contribution in [3.05, 3.63) is 35.4 Å². The average Bonchev–Trinajstić information content (AvgIpc) is 2.37. The molecule has 1 unspecified atom stereocenters. The van der Waals surface area contributed by atoms with Gasteiger partial charge in [0.25, 0.3) is 5.91 Å². The molecule has 0 aliphatic carbocycles. The van der Waals surface area contributed by atoms with E-state index < -0.39 is 18.6 Å². The van der Waals surface area contributed by atoms with Crippen molar-refractivity contribution >= 4 is 11.9 Å². The van der Waals surface area contributed by atoms with Crippen molar-refractivity contribution in [2.45, 2.75) is 19.0 Å². The van der Waals surface area contributed by atoms with E-state index in [-0.39, 0.29) is 5.91 Å². The van der Waals surface area contributed by atoms with Crippen LogP contribution in [0.1, 0.15) is 11.1 Å². The Kier molecular flexibility index (Phi) is 3.91. The maximum atomic E-state index is 11.7. The molecule has 0 spiro atoms. The van der Waals surface area contributed by atoms with Gasteiger partial charge in [-0.2, -0.15) is 0 Å². The van der Waals surface area contributed by atoms with E-state index in [4.69, 9.17) is 5.11 Å². The number of carbonyl (C=O) groups excluding carboxylic acids is 1. The van der Waals surface area contributed by atoms with E-state index in [0.717, 1.165) is 5.56 Å². The smallest absolute Gasteiger partial charge is 0.332 e. The van der Waals surface area contributed by atoms with Gasteiger partial charge in [0.1, 0.15) is 0 Å². The van der Waals surface area contributed by atoms with Crippen LogP contribution in [0, 0.1) is 0 Å². The number of hydrogen-bond donors (Lipinski definition) is 3. The SMILES string of the molecule is O=C(O)CONC(=O)C1Cc2ccccc2CN1. The Morgan fingerprint density at radius 2 is 2.11 bits per heavy atom. The van der Waals surface area contributed by atoms with Gasteiger partial charge in [-0.1, -0.05) is 24.3 Å². The maximum Gasteiger partial charge on any atom is 0.332 e. The second-order valence-electron chi connectivity index (χ2n) is 4.06. The Labute approximate surface area is 104 Å². The minimum Gasteiger partial charge on any atom is -0.479 e. The molecule has 1 amide bonds. The molecule has 96 valence electrons. The van der Waals surface area contributed by atoms with Gasteiger partial charge in [0.2, 0.25) is 0 Å². The lowest BCUT2D eigenvalue weighted by Crippen LogP contribution is -2.47. The monoisotopic (exact) mass is 250 g/mol. The Hall–Kier alpha value is -1.92. The van der Waals surface area contributed by atoms with E-state index in [0.29, 0.717) is 13.0 Å². The summed E-state index contributed by atoms with van der Waals surface area (Å²) in [5, 5.41) is 11.4. The summed E-state index contributed by atoms with van der Waals surface area (Å²) in [6.45, 7) is 0.0717. The molecular weight excluding hydrogens is 236 g/mol. The fourth-order valence-electron chi connectivity index (χ4n) is 1.88. The van der Waals surface area contributed by atoms with Crippen molar-refractivity contribution in [2.24, 2.45) is 0 Å². The minimum absolute atomic E-state index is 0.356. The second-order valence-corrected chi connectivity index (χ2v) is 4.06. The van der Waals surface area contributed by atoms with Crippen LogP contribution >= 0.6 is 0 Å². The molecule has 1 aromatic rings. The van der Waals surface area contributed by atoms with Crippen LogP contribution in [0.5, 0.6) is 0 Å². The van der Waals surface area contributed by atoms with Gasteiger partial charge in [-0.15, -0.1) is 0 Å². The lowest BCUT2D eigenvalue weighted by molar-refractivity contribution is -0.150. The molecule has 6 heteroatoms. The molecule has 1 aliphatic rings. The molecule has 0 aromatic heterocycles. The Morgan fingerprint density at radius 3 is 2.83 bits per heavy atom. The van der Waals surface area contributed by atoms with E-state index in [1.54, 1.807) is 0 Å². The molecule has 6 nitrogen and oxygen atoms in total. The summed E-state index contributed by atoms with van der Waals surface area (Å²) in [6.07, 6.45) is 0.568. The summed E-state index contributed by atoms with van der Waals surface area (Å²) in [4.78, 5) is 26.5. The van der Waals surface area contributed by atoms with Gasteiger partial charge in [0.05, 0.1) is 6.04 Å². The standard InChI is InChI=1S/C12H14N2O4/c15-11(16)7-18-14-12(17)10-5-8-3-1-2-4-9(8)6-13-10/h1-4,10,13H,5-7H2,(H,14,17)(H,15,16). The van der Waals surface area contributed by atoms with E-state index >= 15 is 0 Å². The van der Waals surface area contributed by atoms with Gasteiger partial charge < -0.3 is 10.4 Å². The molecule has 0 saturated carbocycles. The quantitative estimate of drug-likeness (QED) is 0.646. The van der Waals surface area contributed by atoms with Crippen LogP contribution in [0.4, 0.5) is 0 Å². The van der Waals surface area contributed by atoms with E-state index in [2.05, 4.69) is 15.6 Å². The highest BCUT2D eigenvalue weighted by atomic mass is 16.7. The summed E-state index contributed by atoms with van der Waals surface area (Å²) in [5.74, 6) is -1.48. The number of rotatable bonds is 4. The first-order chi connectivity index (χ1) is 8.66. The van der Waals surface area contributed by atoms with Gasteiger partial charge in [-0.25, -0.2) is 10.3 Å². The van der Waals surface area contributed by atoms with Crippen LogP contribution in [0.15, 0.2) is 24.3 Å². The highest BCUT2D eigenvalue weighted by molar-refractivity contribution is 5.81. The average molecular weight is 250 g/mol. The Bertz CT molecular complexity index is 461. The normalized spacial score (nSPS) is 17.9. The predicted molar refractivity (Wildman–Crippen MR) is 62.5 cm³/mol. The first-order valence-corrected chi connectivity index (χ1v) is 5.60. The third-order valence-electron chi connectivity index (χ3n) is 2.77. The van der Waals surface area contributed by atoms with Crippen molar-refractivity contribution in [1.29, 1.82) is 0 Å². The number of fused-ring (bicyclic) bond motifs is 1. The molecule has 0 saturated heterocycles. The zero-order valence-electron chi connectivity index (χ0n) is 9.68. The molecule has 0 fully saturated rings. The fraction of sp³-hybridized carbons (Fsp3) is 0.333. The van der Waals surface area contributed by atoms with E-state index in [1.165, 1.54) is 5.56 Å². The highest BCUT2D eigenvalue weighted by Gasteiger charge is 2.23. The zero-order valence-corrected chi connectivity index (χ0v) is 9.68. The Balaban J connectivity index is 1.88. The van der Waals surface area contributed by atoms with Crippen molar-refractivity contribution in [2.75, 3.05) is 6.61 Å². The zero-order chi connectivity index (χ0) is 13.0. The second kappa shape index (κ2) is 5.61. The molecule has 0 radical (unpaired) electrons. The number of nitrogens with one attached hydrogen (secondary N) is 2. The van der Waals surface area contributed by atoms with Crippen molar-refractivity contribution in [1.82, 2.24) is 10.8 Å².